The number of hydrogen-bond acceptors (Lipinski definition) is 2. The van der Waals surface area contributed by atoms with Crippen LogP contribution in [0.5, 0.6) is 0 Å². The lowest BCUT2D eigenvalue weighted by molar-refractivity contribution is 0.0385. The highest BCUT2D eigenvalue weighted by atomic mass is 16.5. The van der Waals surface area contributed by atoms with Gasteiger partial charge in [-0.3, -0.25) is 0 Å². The molecule has 0 fully saturated rings. The molecule has 2 heteroatoms. The van der Waals surface area contributed by atoms with Crippen molar-refractivity contribution in [3.63, 3.8) is 0 Å². The second-order valence-corrected chi connectivity index (χ2v) is 4.45. The Morgan fingerprint density at radius 3 is 2.08 bits per heavy atom. The van der Waals surface area contributed by atoms with Gasteiger partial charge < -0.3 is 10.5 Å². The summed E-state index contributed by atoms with van der Waals surface area (Å²) in [5, 5.41) is 0. The Labute approximate surface area is 76.5 Å². The van der Waals surface area contributed by atoms with Crippen LogP contribution in [0.25, 0.3) is 0 Å². The Balaban J connectivity index is 4.11. The molecular formula is C10H23NO. The third kappa shape index (κ3) is 3.55. The highest BCUT2D eigenvalue weighted by molar-refractivity contribution is 4.84. The largest absolute Gasteiger partial charge is 0.380 e. The van der Waals surface area contributed by atoms with E-state index >= 15 is 0 Å². The number of methoxy groups -OCH3 is 1. The van der Waals surface area contributed by atoms with Crippen molar-refractivity contribution in [1.82, 2.24) is 0 Å². The zero-order valence-corrected chi connectivity index (χ0v) is 9.05. The van der Waals surface area contributed by atoms with Gasteiger partial charge in [0.25, 0.3) is 0 Å². The van der Waals surface area contributed by atoms with E-state index in [1.807, 2.05) is 0 Å². The van der Waals surface area contributed by atoms with Crippen LogP contribution in [0.1, 0.15) is 40.5 Å². The smallest absolute Gasteiger partial charge is 0.0727 e. The summed E-state index contributed by atoms with van der Waals surface area (Å²) in [6.45, 7) is 8.61. The first-order valence-electron chi connectivity index (χ1n) is 4.71. The molecule has 0 aliphatic heterocycles. The van der Waals surface area contributed by atoms with Crippen LogP contribution < -0.4 is 5.73 Å². The molecule has 2 atom stereocenters. The van der Waals surface area contributed by atoms with E-state index in [1.165, 1.54) is 0 Å². The number of nitrogens with two attached hydrogens (primary N) is 1. The van der Waals surface area contributed by atoms with Crippen LogP contribution in [0.2, 0.25) is 0 Å². The van der Waals surface area contributed by atoms with Gasteiger partial charge in [-0.2, -0.15) is 0 Å². The van der Waals surface area contributed by atoms with Crippen molar-refractivity contribution < 1.29 is 4.74 Å². The zero-order valence-electron chi connectivity index (χ0n) is 9.05. The van der Waals surface area contributed by atoms with E-state index < -0.39 is 0 Å². The van der Waals surface area contributed by atoms with Crippen LogP contribution in [0.3, 0.4) is 0 Å². The highest BCUT2D eigenvalue weighted by Crippen LogP contribution is 2.23. The molecule has 0 aromatic rings. The van der Waals surface area contributed by atoms with Gasteiger partial charge in [-0.05, 0) is 11.8 Å². The highest BCUT2D eigenvalue weighted by Gasteiger charge is 2.28. The normalized spacial score (nSPS) is 17.5. The fourth-order valence-electron chi connectivity index (χ4n) is 1.29. The molecule has 74 valence electrons. The average Bonchev–Trinajstić information content (AvgIpc) is 1.97. The van der Waals surface area contributed by atoms with Gasteiger partial charge in [0.15, 0.2) is 0 Å². The quantitative estimate of drug-likeness (QED) is 0.707. The minimum Gasteiger partial charge on any atom is -0.380 e. The lowest BCUT2D eigenvalue weighted by Crippen LogP contribution is -2.45. The second kappa shape index (κ2) is 4.83. The SMILES string of the molecule is CCCC(OC)C(N)C(C)(C)C. The minimum absolute atomic E-state index is 0.127. The van der Waals surface area contributed by atoms with E-state index in [4.69, 9.17) is 10.5 Å². The Kier molecular flexibility index (Phi) is 4.80. The van der Waals surface area contributed by atoms with Crippen LogP contribution in [0, 0.1) is 5.41 Å². The maximum atomic E-state index is 6.07. The molecule has 0 amide bonds. The molecule has 0 saturated carbocycles. The maximum Gasteiger partial charge on any atom is 0.0727 e. The summed E-state index contributed by atoms with van der Waals surface area (Å²) in [5.74, 6) is 0. The van der Waals surface area contributed by atoms with Crippen molar-refractivity contribution in [2.45, 2.75) is 52.7 Å². The van der Waals surface area contributed by atoms with E-state index in [-0.39, 0.29) is 17.6 Å². The first kappa shape index (κ1) is 11.9. The third-order valence-electron chi connectivity index (χ3n) is 2.28. The molecule has 0 heterocycles. The maximum absolute atomic E-state index is 6.07. The summed E-state index contributed by atoms with van der Waals surface area (Å²) < 4.78 is 5.35. The molecule has 12 heavy (non-hydrogen) atoms. The molecule has 0 aromatic carbocycles. The molecule has 0 saturated heterocycles. The molecule has 0 aliphatic rings. The predicted octanol–water partition coefficient (Wildman–Crippen LogP) is 2.17. The fraction of sp³-hybridized carbons (Fsp3) is 1.00. The van der Waals surface area contributed by atoms with E-state index in [1.54, 1.807) is 7.11 Å². The van der Waals surface area contributed by atoms with Crippen LogP contribution in [0.15, 0.2) is 0 Å². The standard InChI is InChI=1S/C10H23NO/c1-6-7-8(12-5)9(11)10(2,3)4/h8-9H,6-7,11H2,1-5H3. The molecule has 2 nitrogen and oxygen atoms in total. The van der Waals surface area contributed by atoms with Gasteiger partial charge in [0, 0.05) is 13.2 Å². The Morgan fingerprint density at radius 2 is 1.83 bits per heavy atom. The van der Waals surface area contributed by atoms with Crippen LogP contribution in [-0.4, -0.2) is 19.3 Å². The van der Waals surface area contributed by atoms with Gasteiger partial charge >= 0.3 is 0 Å². The molecule has 0 rings (SSSR count). The van der Waals surface area contributed by atoms with Crippen molar-refractivity contribution in [2.75, 3.05) is 7.11 Å². The van der Waals surface area contributed by atoms with Crippen molar-refractivity contribution in [1.29, 1.82) is 0 Å². The summed E-state index contributed by atoms with van der Waals surface area (Å²) >= 11 is 0. The molecule has 0 aliphatic carbocycles. The topological polar surface area (TPSA) is 35.2 Å². The van der Waals surface area contributed by atoms with Gasteiger partial charge in [-0.25, -0.2) is 0 Å². The Bertz CT molecular complexity index is 117. The van der Waals surface area contributed by atoms with Crippen molar-refractivity contribution in [3.8, 4) is 0 Å². The average molecular weight is 173 g/mol. The zero-order chi connectivity index (χ0) is 9.78. The van der Waals surface area contributed by atoms with Gasteiger partial charge in [0.2, 0.25) is 0 Å². The first-order valence-corrected chi connectivity index (χ1v) is 4.71. The first-order chi connectivity index (χ1) is 5.43. The van der Waals surface area contributed by atoms with Crippen LogP contribution in [0.4, 0.5) is 0 Å². The predicted molar refractivity (Wildman–Crippen MR) is 53.1 cm³/mol. The number of rotatable bonds is 4. The molecular weight excluding hydrogens is 150 g/mol. The summed E-state index contributed by atoms with van der Waals surface area (Å²) in [7, 11) is 1.74. The molecule has 0 bridgehead atoms. The fourth-order valence-corrected chi connectivity index (χ4v) is 1.29. The lowest BCUT2D eigenvalue weighted by atomic mass is 9.83. The van der Waals surface area contributed by atoms with Crippen molar-refractivity contribution >= 4 is 0 Å². The Hall–Kier alpha value is -0.0800. The van der Waals surface area contributed by atoms with Crippen LogP contribution in [-0.2, 0) is 4.74 Å². The lowest BCUT2D eigenvalue weighted by Gasteiger charge is -2.33. The number of ether oxygens (including phenoxy) is 1. The summed E-state index contributed by atoms with van der Waals surface area (Å²) in [6, 6.07) is 0.127. The molecule has 2 N–H and O–H groups in total. The number of hydrogen-bond donors (Lipinski definition) is 1. The van der Waals surface area contributed by atoms with Gasteiger partial charge in [-0.15, -0.1) is 0 Å². The van der Waals surface area contributed by atoms with Gasteiger partial charge in [0.1, 0.15) is 0 Å². The summed E-state index contributed by atoms with van der Waals surface area (Å²) in [6.07, 6.45) is 2.38. The molecule has 0 spiro atoms. The summed E-state index contributed by atoms with van der Waals surface area (Å²) in [4.78, 5) is 0. The van der Waals surface area contributed by atoms with Crippen molar-refractivity contribution in [3.05, 3.63) is 0 Å². The van der Waals surface area contributed by atoms with Gasteiger partial charge in [0.05, 0.1) is 6.10 Å². The van der Waals surface area contributed by atoms with Crippen LogP contribution >= 0.6 is 0 Å². The third-order valence-corrected chi connectivity index (χ3v) is 2.28. The second-order valence-electron chi connectivity index (χ2n) is 4.45. The Morgan fingerprint density at radius 1 is 1.33 bits per heavy atom. The molecule has 0 radical (unpaired) electrons. The van der Waals surface area contributed by atoms with Gasteiger partial charge in [-0.1, -0.05) is 34.1 Å². The monoisotopic (exact) mass is 173 g/mol. The summed E-state index contributed by atoms with van der Waals surface area (Å²) in [5.41, 5.74) is 6.20. The van der Waals surface area contributed by atoms with E-state index in [2.05, 4.69) is 27.7 Å². The van der Waals surface area contributed by atoms with Crippen molar-refractivity contribution in [2.24, 2.45) is 11.1 Å². The minimum atomic E-state index is 0.127. The van der Waals surface area contributed by atoms with E-state index in [0.717, 1.165) is 12.8 Å². The van der Waals surface area contributed by atoms with E-state index in [0.29, 0.717) is 0 Å². The molecule has 2 unspecified atom stereocenters. The molecule has 0 aromatic heterocycles. The van der Waals surface area contributed by atoms with E-state index in [9.17, 15) is 0 Å².